The molecule has 0 atom stereocenters. The standard InChI is InChI=1S/C26H41N5O2/c1-17(2)28-24(32)19-6-8-21(9-7-19)31-23-15-18(5-10-22(23)29-25(31)27)16-30-13-11-20(12-14-30)26(3,4)33/h5,10,15,17,19-21,33H,6-9,11-14,16H2,1-4H3,(H2,27,29)(H,28,32)/t19-,21+. The third-order valence-electron chi connectivity index (χ3n) is 7.64. The highest BCUT2D eigenvalue weighted by Gasteiger charge is 2.31. The van der Waals surface area contributed by atoms with Gasteiger partial charge in [0.05, 0.1) is 16.6 Å². The zero-order valence-corrected chi connectivity index (χ0v) is 20.7. The highest BCUT2D eigenvalue weighted by atomic mass is 16.3. The molecule has 0 radical (unpaired) electrons. The monoisotopic (exact) mass is 455 g/mol. The summed E-state index contributed by atoms with van der Waals surface area (Å²) in [7, 11) is 0. The van der Waals surface area contributed by atoms with E-state index in [1.54, 1.807) is 0 Å². The minimum Gasteiger partial charge on any atom is -0.390 e. The molecule has 7 nitrogen and oxygen atoms in total. The van der Waals surface area contributed by atoms with Crippen molar-refractivity contribution in [3.8, 4) is 0 Å². The molecule has 2 aromatic rings. The van der Waals surface area contributed by atoms with Crippen LogP contribution in [0.15, 0.2) is 18.2 Å². The number of hydrogen-bond acceptors (Lipinski definition) is 5. The van der Waals surface area contributed by atoms with Gasteiger partial charge in [-0.25, -0.2) is 4.98 Å². The van der Waals surface area contributed by atoms with E-state index < -0.39 is 5.60 Å². The lowest BCUT2D eigenvalue weighted by atomic mass is 9.83. The van der Waals surface area contributed by atoms with Crippen LogP contribution in [0.5, 0.6) is 0 Å². The van der Waals surface area contributed by atoms with Gasteiger partial charge >= 0.3 is 0 Å². The van der Waals surface area contributed by atoms with Crippen molar-refractivity contribution in [2.45, 2.75) is 90.4 Å². The smallest absolute Gasteiger partial charge is 0.223 e. The average Bonchev–Trinajstić information content (AvgIpc) is 3.08. The number of benzene rings is 1. The van der Waals surface area contributed by atoms with Crippen molar-refractivity contribution in [2.75, 3.05) is 18.8 Å². The number of likely N-dealkylation sites (tertiary alicyclic amines) is 1. The van der Waals surface area contributed by atoms with Gasteiger partial charge in [0.25, 0.3) is 0 Å². The first kappa shape index (κ1) is 24.0. The molecule has 4 rings (SSSR count). The second-order valence-corrected chi connectivity index (χ2v) is 11.0. The molecule has 1 saturated heterocycles. The summed E-state index contributed by atoms with van der Waals surface area (Å²) in [6.45, 7) is 10.8. The molecule has 1 saturated carbocycles. The number of nitrogens with zero attached hydrogens (tertiary/aromatic N) is 3. The third kappa shape index (κ3) is 5.52. The summed E-state index contributed by atoms with van der Waals surface area (Å²) in [6, 6.07) is 6.97. The lowest BCUT2D eigenvalue weighted by molar-refractivity contribution is -0.126. The van der Waals surface area contributed by atoms with Gasteiger partial charge in [-0.2, -0.15) is 0 Å². The number of piperidine rings is 1. The fraction of sp³-hybridized carbons (Fsp3) is 0.692. The van der Waals surface area contributed by atoms with Crippen LogP contribution in [0.4, 0.5) is 5.95 Å². The van der Waals surface area contributed by atoms with Crippen molar-refractivity contribution in [3.63, 3.8) is 0 Å². The molecule has 1 aromatic carbocycles. The maximum Gasteiger partial charge on any atom is 0.223 e. The summed E-state index contributed by atoms with van der Waals surface area (Å²) in [5.41, 5.74) is 9.10. The predicted octanol–water partition coefficient (Wildman–Crippen LogP) is 3.86. The van der Waals surface area contributed by atoms with Gasteiger partial charge in [0.2, 0.25) is 11.9 Å². The number of hydrogen-bond donors (Lipinski definition) is 3. The molecular weight excluding hydrogens is 414 g/mol. The van der Waals surface area contributed by atoms with Gasteiger partial charge in [-0.15, -0.1) is 0 Å². The molecule has 1 aromatic heterocycles. The number of nitrogen functional groups attached to an aromatic ring is 1. The van der Waals surface area contributed by atoms with Gasteiger partial charge in [-0.05, 0) is 103 Å². The second-order valence-electron chi connectivity index (χ2n) is 11.0. The van der Waals surface area contributed by atoms with E-state index in [-0.39, 0.29) is 23.9 Å². The summed E-state index contributed by atoms with van der Waals surface area (Å²) in [4.78, 5) is 19.5. The third-order valence-corrected chi connectivity index (χ3v) is 7.64. The van der Waals surface area contributed by atoms with Crippen LogP contribution in [0.1, 0.15) is 77.8 Å². The number of amides is 1. The Balaban J connectivity index is 1.43. The van der Waals surface area contributed by atoms with Crippen molar-refractivity contribution >= 4 is 22.9 Å². The Kier molecular flexibility index (Phi) is 7.01. The number of rotatable bonds is 6. The van der Waals surface area contributed by atoms with E-state index in [1.807, 2.05) is 27.7 Å². The van der Waals surface area contributed by atoms with Crippen molar-refractivity contribution < 1.29 is 9.90 Å². The minimum absolute atomic E-state index is 0.0991. The average molecular weight is 456 g/mol. The Hall–Kier alpha value is -2.12. The molecule has 0 unspecified atom stereocenters. The number of imidazole rings is 1. The topological polar surface area (TPSA) is 96.4 Å². The van der Waals surface area contributed by atoms with E-state index in [1.165, 1.54) is 5.56 Å². The molecule has 1 amide bonds. The molecular formula is C26H41N5O2. The van der Waals surface area contributed by atoms with Crippen LogP contribution < -0.4 is 11.1 Å². The summed E-state index contributed by atoms with van der Waals surface area (Å²) < 4.78 is 2.20. The fourth-order valence-corrected chi connectivity index (χ4v) is 5.69. The minimum atomic E-state index is -0.594. The molecule has 33 heavy (non-hydrogen) atoms. The second kappa shape index (κ2) is 9.63. The predicted molar refractivity (Wildman–Crippen MR) is 133 cm³/mol. The first-order valence-corrected chi connectivity index (χ1v) is 12.6. The number of nitrogens with one attached hydrogen (secondary N) is 1. The Morgan fingerprint density at radius 2 is 1.85 bits per heavy atom. The maximum absolute atomic E-state index is 12.4. The van der Waals surface area contributed by atoms with E-state index in [0.29, 0.717) is 11.9 Å². The Labute approximate surface area is 197 Å². The quantitative estimate of drug-likeness (QED) is 0.615. The molecule has 1 aliphatic heterocycles. The largest absolute Gasteiger partial charge is 0.390 e. The maximum atomic E-state index is 12.4. The van der Waals surface area contributed by atoms with Crippen molar-refractivity contribution in [1.29, 1.82) is 0 Å². The number of nitrogens with two attached hydrogens (primary N) is 1. The van der Waals surface area contributed by atoms with E-state index in [2.05, 4.69) is 38.0 Å². The van der Waals surface area contributed by atoms with Gasteiger partial charge in [-0.1, -0.05) is 6.07 Å². The van der Waals surface area contributed by atoms with Gasteiger partial charge in [0, 0.05) is 24.5 Å². The summed E-state index contributed by atoms with van der Waals surface area (Å²) in [5, 5.41) is 13.4. The van der Waals surface area contributed by atoms with E-state index in [9.17, 15) is 9.90 Å². The van der Waals surface area contributed by atoms with Crippen LogP contribution in [-0.2, 0) is 11.3 Å². The van der Waals surface area contributed by atoms with Crippen LogP contribution in [0, 0.1) is 11.8 Å². The van der Waals surface area contributed by atoms with E-state index in [4.69, 9.17) is 5.73 Å². The molecule has 2 aliphatic rings. The highest BCUT2D eigenvalue weighted by molar-refractivity contribution is 5.80. The molecule has 182 valence electrons. The number of fused-ring (bicyclic) bond motifs is 1. The summed E-state index contributed by atoms with van der Waals surface area (Å²) >= 11 is 0. The Morgan fingerprint density at radius 3 is 2.45 bits per heavy atom. The fourth-order valence-electron chi connectivity index (χ4n) is 5.69. The molecule has 1 aliphatic carbocycles. The molecule has 2 heterocycles. The summed E-state index contributed by atoms with van der Waals surface area (Å²) in [6.07, 6.45) is 5.73. The number of aliphatic hydroxyl groups is 1. The van der Waals surface area contributed by atoms with Crippen LogP contribution in [0.2, 0.25) is 0 Å². The zero-order chi connectivity index (χ0) is 23.8. The number of aromatic nitrogens is 2. The first-order chi connectivity index (χ1) is 15.6. The lowest BCUT2D eigenvalue weighted by Crippen LogP contribution is -2.41. The van der Waals surface area contributed by atoms with E-state index >= 15 is 0 Å². The van der Waals surface area contributed by atoms with Gasteiger partial charge in [0.1, 0.15) is 0 Å². The SMILES string of the molecule is CC(C)NC(=O)[C@H]1CC[C@@H](n2c(N)nc3ccc(CN4CCC(C(C)(C)O)CC4)cc32)CC1. The molecule has 0 bridgehead atoms. The molecule has 7 heteroatoms. The van der Waals surface area contributed by atoms with Crippen molar-refractivity contribution in [2.24, 2.45) is 11.8 Å². The number of carbonyl (C=O) groups is 1. The number of anilines is 1. The van der Waals surface area contributed by atoms with Crippen LogP contribution in [0.25, 0.3) is 11.0 Å². The van der Waals surface area contributed by atoms with Crippen molar-refractivity contribution in [1.82, 2.24) is 19.8 Å². The van der Waals surface area contributed by atoms with Crippen molar-refractivity contribution in [3.05, 3.63) is 23.8 Å². The highest BCUT2D eigenvalue weighted by Crippen LogP contribution is 2.36. The van der Waals surface area contributed by atoms with Crippen LogP contribution in [-0.4, -0.2) is 50.2 Å². The van der Waals surface area contributed by atoms with Crippen LogP contribution in [0.3, 0.4) is 0 Å². The van der Waals surface area contributed by atoms with Crippen LogP contribution >= 0.6 is 0 Å². The molecule has 2 fully saturated rings. The summed E-state index contributed by atoms with van der Waals surface area (Å²) in [5.74, 6) is 1.23. The zero-order valence-electron chi connectivity index (χ0n) is 20.7. The first-order valence-electron chi connectivity index (χ1n) is 12.6. The van der Waals surface area contributed by atoms with E-state index in [0.717, 1.165) is 69.2 Å². The molecule has 4 N–H and O–H groups in total. The van der Waals surface area contributed by atoms with Gasteiger partial charge in [0.15, 0.2) is 0 Å². The number of carbonyl (C=O) groups excluding carboxylic acids is 1. The van der Waals surface area contributed by atoms with Gasteiger partial charge in [-0.3, -0.25) is 9.69 Å². The Morgan fingerprint density at radius 1 is 1.18 bits per heavy atom. The lowest BCUT2D eigenvalue weighted by Gasteiger charge is -2.37. The van der Waals surface area contributed by atoms with Gasteiger partial charge < -0.3 is 20.7 Å². The Bertz CT molecular complexity index is 961. The normalized spacial score (nSPS) is 23.3. The molecule has 0 spiro atoms.